The molecule has 5 nitrogen and oxygen atoms in total. The van der Waals surface area contributed by atoms with Crippen molar-refractivity contribution in [3.05, 3.63) is 52.0 Å². The number of alkyl halides is 1. The van der Waals surface area contributed by atoms with Gasteiger partial charge in [0.1, 0.15) is 23.9 Å². The zero-order chi connectivity index (χ0) is 18.7. The van der Waals surface area contributed by atoms with Crippen molar-refractivity contribution >= 4 is 38.9 Å². The van der Waals surface area contributed by atoms with Crippen molar-refractivity contribution in [1.82, 2.24) is 4.90 Å². The van der Waals surface area contributed by atoms with Crippen LogP contribution < -0.4 is 9.46 Å². The van der Waals surface area contributed by atoms with Crippen LogP contribution in [0.4, 0.5) is 10.1 Å². The van der Waals surface area contributed by atoms with Crippen molar-refractivity contribution < 1.29 is 17.5 Å². The van der Waals surface area contributed by atoms with Gasteiger partial charge >= 0.3 is 0 Å². The van der Waals surface area contributed by atoms with E-state index < -0.39 is 16.7 Å². The van der Waals surface area contributed by atoms with Crippen molar-refractivity contribution in [3.63, 3.8) is 0 Å². The Morgan fingerprint density at radius 3 is 2.81 bits per heavy atom. The molecule has 0 aliphatic carbocycles. The molecule has 1 N–H and O–H groups in total. The molecule has 140 valence electrons. The summed E-state index contributed by atoms with van der Waals surface area (Å²) in [5, 5.41) is 0.126. The molecule has 0 amide bonds. The Labute approximate surface area is 161 Å². The van der Waals surface area contributed by atoms with Gasteiger partial charge in [0, 0.05) is 30.9 Å². The number of anilines is 1. The minimum Gasteiger partial charge on any atom is -0.492 e. The van der Waals surface area contributed by atoms with Crippen LogP contribution in [0.3, 0.4) is 0 Å². The average molecular weight is 419 g/mol. The minimum atomic E-state index is -3.91. The molecule has 3 rings (SSSR count). The van der Waals surface area contributed by atoms with Crippen LogP contribution in [0.1, 0.15) is 5.56 Å². The molecule has 0 aromatic heterocycles. The summed E-state index contributed by atoms with van der Waals surface area (Å²) in [6.07, 6.45) is 0. The van der Waals surface area contributed by atoms with Crippen molar-refractivity contribution in [1.29, 1.82) is 0 Å². The van der Waals surface area contributed by atoms with Crippen LogP contribution in [0.15, 0.2) is 41.3 Å². The van der Waals surface area contributed by atoms with E-state index in [2.05, 4.69) is 4.72 Å². The molecule has 0 spiro atoms. The van der Waals surface area contributed by atoms with Gasteiger partial charge in [0.05, 0.1) is 10.0 Å². The molecule has 0 saturated heterocycles. The topological polar surface area (TPSA) is 58.6 Å². The molecule has 9 heteroatoms. The highest BCUT2D eigenvalue weighted by molar-refractivity contribution is 7.92. The Morgan fingerprint density at radius 1 is 1.23 bits per heavy atom. The molecule has 2 aromatic carbocycles. The lowest BCUT2D eigenvalue weighted by Gasteiger charge is -2.17. The van der Waals surface area contributed by atoms with Crippen molar-refractivity contribution in [3.8, 4) is 5.75 Å². The van der Waals surface area contributed by atoms with Crippen LogP contribution in [0.2, 0.25) is 10.0 Å². The normalized spacial score (nSPS) is 15.0. The molecule has 0 unspecified atom stereocenters. The summed E-state index contributed by atoms with van der Waals surface area (Å²) in [4.78, 5) is 1.81. The number of fused-ring (bicyclic) bond motifs is 1. The van der Waals surface area contributed by atoms with Gasteiger partial charge in [-0.25, -0.2) is 12.8 Å². The highest BCUT2D eigenvalue weighted by Crippen LogP contribution is 2.31. The van der Waals surface area contributed by atoms with E-state index in [9.17, 15) is 12.8 Å². The lowest BCUT2D eigenvalue weighted by Crippen LogP contribution is -2.27. The third-order valence-electron chi connectivity index (χ3n) is 3.98. The van der Waals surface area contributed by atoms with E-state index >= 15 is 0 Å². The molecule has 1 aliphatic rings. The molecular weight excluding hydrogens is 402 g/mol. The zero-order valence-electron chi connectivity index (χ0n) is 13.7. The number of nitrogens with one attached hydrogen (secondary N) is 1. The second-order valence-corrected chi connectivity index (χ2v) is 8.23. The van der Waals surface area contributed by atoms with Gasteiger partial charge < -0.3 is 4.74 Å². The Kier molecular flexibility index (Phi) is 5.92. The van der Waals surface area contributed by atoms with Crippen molar-refractivity contribution in [2.45, 2.75) is 11.4 Å². The largest absolute Gasteiger partial charge is 0.492 e. The van der Waals surface area contributed by atoms with E-state index in [1.165, 1.54) is 18.2 Å². The van der Waals surface area contributed by atoms with Gasteiger partial charge in [-0.2, -0.15) is 0 Å². The Bertz CT molecular complexity index is 909. The maximum atomic E-state index is 12.6. The van der Waals surface area contributed by atoms with Gasteiger partial charge in [0.2, 0.25) is 0 Å². The monoisotopic (exact) mass is 418 g/mol. The fourth-order valence-corrected chi connectivity index (χ4v) is 4.54. The molecule has 0 bridgehead atoms. The van der Waals surface area contributed by atoms with Gasteiger partial charge in [0.15, 0.2) is 0 Å². The Hall–Kier alpha value is -1.54. The zero-order valence-corrected chi connectivity index (χ0v) is 16.0. The fraction of sp³-hybridized carbons (Fsp3) is 0.294. The first-order chi connectivity index (χ1) is 12.4. The lowest BCUT2D eigenvalue weighted by molar-refractivity contribution is 0.211. The maximum Gasteiger partial charge on any atom is 0.263 e. The van der Waals surface area contributed by atoms with E-state index in [1.807, 2.05) is 4.90 Å². The molecule has 0 radical (unpaired) electrons. The first-order valence-corrected chi connectivity index (χ1v) is 10.2. The van der Waals surface area contributed by atoms with E-state index in [-0.39, 0.29) is 14.9 Å². The molecule has 1 aliphatic heterocycles. The molecule has 26 heavy (non-hydrogen) atoms. The number of rotatable bonds is 5. The summed E-state index contributed by atoms with van der Waals surface area (Å²) in [5.74, 6) is 0.662. The summed E-state index contributed by atoms with van der Waals surface area (Å²) < 4.78 is 46.1. The van der Waals surface area contributed by atoms with E-state index in [0.717, 1.165) is 5.56 Å². The van der Waals surface area contributed by atoms with Crippen LogP contribution in [0, 0.1) is 0 Å². The predicted octanol–water partition coefficient (Wildman–Crippen LogP) is 3.96. The van der Waals surface area contributed by atoms with Crippen LogP contribution >= 0.6 is 23.2 Å². The number of halogens is 3. The Balaban J connectivity index is 1.88. The molecule has 0 atom stereocenters. The summed E-state index contributed by atoms with van der Waals surface area (Å²) >= 11 is 11.9. The highest BCUT2D eigenvalue weighted by Gasteiger charge is 2.21. The molecule has 2 aromatic rings. The molecular formula is C17H17Cl2FN2O3S. The average Bonchev–Trinajstić information content (AvgIpc) is 2.78. The minimum absolute atomic E-state index is 0.0334. The van der Waals surface area contributed by atoms with Crippen LogP contribution in [-0.4, -0.2) is 39.7 Å². The summed E-state index contributed by atoms with van der Waals surface area (Å²) in [6, 6.07) is 9.41. The number of hydrogen-bond acceptors (Lipinski definition) is 4. The standard InChI is InChI=1S/C17H17Cl2FN2O3S/c18-14-2-1-3-16(17(14)19)26(23,24)21-13-4-5-15-12(10-13)11-22(7-6-20)8-9-25-15/h1-5,10,21H,6-9,11H2. The van der Waals surface area contributed by atoms with E-state index in [4.69, 9.17) is 27.9 Å². The lowest BCUT2D eigenvalue weighted by atomic mass is 10.1. The van der Waals surface area contributed by atoms with E-state index in [1.54, 1.807) is 18.2 Å². The van der Waals surface area contributed by atoms with Crippen LogP contribution in [0.25, 0.3) is 0 Å². The number of benzene rings is 2. The summed E-state index contributed by atoms with van der Waals surface area (Å²) in [6.45, 7) is 1.40. The van der Waals surface area contributed by atoms with Gasteiger partial charge in [-0.1, -0.05) is 29.3 Å². The number of sulfonamides is 1. The fourth-order valence-electron chi connectivity index (χ4n) is 2.72. The quantitative estimate of drug-likeness (QED) is 0.797. The first-order valence-electron chi connectivity index (χ1n) is 7.91. The molecule has 0 fully saturated rings. The Morgan fingerprint density at radius 2 is 2.04 bits per heavy atom. The number of nitrogens with zero attached hydrogens (tertiary/aromatic N) is 1. The number of hydrogen-bond donors (Lipinski definition) is 1. The van der Waals surface area contributed by atoms with Crippen molar-refractivity contribution in [2.75, 3.05) is 31.1 Å². The van der Waals surface area contributed by atoms with Gasteiger partial charge in [0.25, 0.3) is 10.0 Å². The van der Waals surface area contributed by atoms with Gasteiger partial charge in [-0.3, -0.25) is 9.62 Å². The highest BCUT2D eigenvalue weighted by atomic mass is 35.5. The van der Waals surface area contributed by atoms with E-state index in [0.29, 0.717) is 37.7 Å². The smallest absolute Gasteiger partial charge is 0.263 e. The van der Waals surface area contributed by atoms with Crippen molar-refractivity contribution in [2.24, 2.45) is 0 Å². The van der Waals surface area contributed by atoms with Gasteiger partial charge in [-0.05, 0) is 30.3 Å². The summed E-state index contributed by atoms with van der Waals surface area (Å²) in [5.41, 5.74) is 1.15. The second-order valence-electron chi connectivity index (χ2n) is 5.79. The SMILES string of the molecule is O=S(=O)(Nc1ccc2c(c1)CN(CCF)CCO2)c1cccc(Cl)c1Cl. The first kappa shape index (κ1) is 19.2. The third kappa shape index (κ3) is 4.23. The maximum absolute atomic E-state index is 12.6. The predicted molar refractivity (Wildman–Crippen MR) is 100 cm³/mol. The van der Waals surface area contributed by atoms with Gasteiger partial charge in [-0.15, -0.1) is 0 Å². The summed E-state index contributed by atoms with van der Waals surface area (Å²) in [7, 11) is -3.91. The van der Waals surface area contributed by atoms with Crippen LogP contribution in [-0.2, 0) is 16.6 Å². The molecule has 1 heterocycles. The second kappa shape index (κ2) is 8.00. The van der Waals surface area contributed by atoms with Crippen LogP contribution in [0.5, 0.6) is 5.75 Å². The number of ether oxygens (including phenoxy) is 1. The third-order valence-corrected chi connectivity index (χ3v) is 6.33. The molecule has 0 saturated carbocycles.